The van der Waals surface area contributed by atoms with E-state index in [0.717, 1.165) is 11.3 Å². The van der Waals surface area contributed by atoms with Gasteiger partial charge >= 0.3 is 6.09 Å². The summed E-state index contributed by atoms with van der Waals surface area (Å²) in [5.41, 5.74) is 0.0262. The van der Waals surface area contributed by atoms with Gasteiger partial charge in [0.15, 0.2) is 5.82 Å². The molecule has 0 aliphatic carbocycles. The fraction of sp³-hybridized carbons (Fsp3) is 0.333. The molecule has 1 N–H and O–H groups in total. The van der Waals surface area contributed by atoms with E-state index in [1.54, 1.807) is 17.0 Å². The molecule has 0 bridgehead atoms. The molecule has 1 aliphatic rings. The number of aromatic nitrogens is 3. The largest absolute Gasteiger partial charge is 0.471 e. The van der Waals surface area contributed by atoms with Crippen LogP contribution in [-0.4, -0.2) is 53.1 Å². The van der Waals surface area contributed by atoms with Crippen molar-refractivity contribution in [3.63, 3.8) is 0 Å². The summed E-state index contributed by atoms with van der Waals surface area (Å²) in [6, 6.07) is 7.32. The standard InChI is InChI=1S/C27H27ClFN5O5S2/c1-27(2,3)39-26(35)34-12-8-16(9-13-34)24-32-22(23(40-24)20-7-11-30-25(28)31-20)18-5-4-6-19(21(18)29)33-41(36,37)17-10-14-38-15-17/h4-7,10-11,14-16,33H,8-9,12-13H2,1-3H3. The monoisotopic (exact) mass is 619 g/mol. The lowest BCUT2D eigenvalue weighted by atomic mass is 9.97. The van der Waals surface area contributed by atoms with Crippen molar-refractivity contribution in [2.75, 3.05) is 17.8 Å². The van der Waals surface area contributed by atoms with Crippen LogP contribution in [-0.2, 0) is 14.8 Å². The van der Waals surface area contributed by atoms with E-state index in [1.807, 2.05) is 20.8 Å². The van der Waals surface area contributed by atoms with E-state index >= 15 is 4.39 Å². The van der Waals surface area contributed by atoms with E-state index in [9.17, 15) is 13.2 Å². The molecule has 41 heavy (non-hydrogen) atoms. The summed E-state index contributed by atoms with van der Waals surface area (Å²) in [4.78, 5) is 27.7. The first-order chi connectivity index (χ1) is 19.4. The maximum Gasteiger partial charge on any atom is 0.410 e. The third-order valence-corrected chi connectivity index (χ3v) is 9.07. The number of ether oxygens (including phenoxy) is 1. The fourth-order valence-electron chi connectivity index (χ4n) is 4.37. The van der Waals surface area contributed by atoms with E-state index < -0.39 is 21.4 Å². The van der Waals surface area contributed by atoms with E-state index in [-0.39, 0.29) is 33.4 Å². The molecule has 0 atom stereocenters. The number of rotatable bonds is 6. The Morgan fingerprint density at radius 3 is 2.61 bits per heavy atom. The van der Waals surface area contributed by atoms with Crippen molar-refractivity contribution >= 4 is 44.7 Å². The molecule has 1 aliphatic heterocycles. The number of halogens is 2. The van der Waals surface area contributed by atoms with Gasteiger partial charge < -0.3 is 14.1 Å². The van der Waals surface area contributed by atoms with Crippen molar-refractivity contribution in [1.82, 2.24) is 19.9 Å². The van der Waals surface area contributed by atoms with Crippen molar-refractivity contribution in [1.29, 1.82) is 0 Å². The molecule has 10 nitrogen and oxygen atoms in total. The summed E-state index contributed by atoms with van der Waals surface area (Å²) in [5, 5.41) is 0.772. The summed E-state index contributed by atoms with van der Waals surface area (Å²) in [6.45, 7) is 6.45. The Labute approximate surface area is 245 Å². The molecular weight excluding hydrogens is 593 g/mol. The van der Waals surface area contributed by atoms with Crippen LogP contribution in [0.2, 0.25) is 5.28 Å². The zero-order valence-electron chi connectivity index (χ0n) is 22.4. The molecule has 1 aromatic carbocycles. The van der Waals surface area contributed by atoms with Crippen LogP contribution in [0.3, 0.4) is 0 Å². The van der Waals surface area contributed by atoms with Crippen LogP contribution in [0.15, 0.2) is 58.4 Å². The third-order valence-electron chi connectivity index (χ3n) is 6.30. The Morgan fingerprint density at radius 2 is 1.95 bits per heavy atom. The number of nitrogens with one attached hydrogen (secondary N) is 1. The number of nitrogens with zero attached hydrogens (tertiary/aromatic N) is 4. The van der Waals surface area contributed by atoms with Gasteiger partial charge in [-0.1, -0.05) is 6.07 Å². The lowest BCUT2D eigenvalue weighted by Gasteiger charge is -2.32. The van der Waals surface area contributed by atoms with Crippen LogP contribution in [0.1, 0.15) is 44.5 Å². The number of anilines is 1. The minimum absolute atomic E-state index is 0.00864. The van der Waals surface area contributed by atoms with Gasteiger partial charge in [0.1, 0.15) is 16.8 Å². The van der Waals surface area contributed by atoms with E-state index in [1.165, 1.54) is 42.0 Å². The highest BCUT2D eigenvalue weighted by Crippen LogP contribution is 2.43. The van der Waals surface area contributed by atoms with Crippen molar-refractivity contribution in [2.45, 2.75) is 50.0 Å². The number of amides is 1. The maximum absolute atomic E-state index is 15.9. The summed E-state index contributed by atoms with van der Waals surface area (Å²) < 4.78 is 54.0. The number of benzene rings is 1. The molecular formula is C27H27ClFN5O5S2. The predicted molar refractivity (Wildman–Crippen MR) is 153 cm³/mol. The van der Waals surface area contributed by atoms with E-state index in [2.05, 4.69) is 14.7 Å². The highest BCUT2D eigenvalue weighted by molar-refractivity contribution is 7.92. The number of sulfonamides is 1. The second kappa shape index (κ2) is 11.4. The number of hydrogen-bond acceptors (Lipinski definition) is 9. The number of likely N-dealkylation sites (tertiary alicyclic amines) is 1. The van der Waals surface area contributed by atoms with Crippen LogP contribution >= 0.6 is 22.9 Å². The molecule has 3 aromatic heterocycles. The number of piperidine rings is 1. The smallest absolute Gasteiger partial charge is 0.410 e. The second-order valence-electron chi connectivity index (χ2n) is 10.4. The first kappa shape index (κ1) is 29.0. The molecule has 0 spiro atoms. The summed E-state index contributed by atoms with van der Waals surface area (Å²) in [5.74, 6) is -0.785. The molecule has 5 rings (SSSR count). The Bertz CT molecular complexity index is 1660. The van der Waals surface area contributed by atoms with Crippen molar-refractivity contribution in [3.8, 4) is 21.8 Å². The number of furan rings is 1. The summed E-state index contributed by atoms with van der Waals surface area (Å²) in [6.07, 6.45) is 4.70. The van der Waals surface area contributed by atoms with Crippen molar-refractivity contribution in [2.24, 2.45) is 0 Å². The first-order valence-corrected chi connectivity index (χ1v) is 15.4. The third kappa shape index (κ3) is 6.52. The van der Waals surface area contributed by atoms with Gasteiger partial charge in [-0.25, -0.2) is 32.6 Å². The van der Waals surface area contributed by atoms with Gasteiger partial charge in [-0.2, -0.15) is 0 Å². The van der Waals surface area contributed by atoms with E-state index in [0.29, 0.717) is 42.2 Å². The average molecular weight is 620 g/mol. The molecule has 216 valence electrons. The van der Waals surface area contributed by atoms with E-state index in [4.69, 9.17) is 25.7 Å². The van der Waals surface area contributed by atoms with Gasteiger partial charge in [-0.05, 0) is 69.5 Å². The Balaban J connectivity index is 1.48. The van der Waals surface area contributed by atoms with Gasteiger partial charge in [0, 0.05) is 30.8 Å². The number of thiazole rings is 1. The quantitative estimate of drug-likeness (QED) is 0.240. The molecule has 1 fully saturated rings. The molecule has 14 heteroatoms. The Kier molecular flexibility index (Phi) is 8.04. The highest BCUT2D eigenvalue weighted by Gasteiger charge is 2.31. The van der Waals surface area contributed by atoms with Crippen LogP contribution in [0.5, 0.6) is 0 Å². The number of carbonyl (C=O) groups is 1. The zero-order valence-corrected chi connectivity index (χ0v) is 24.8. The van der Waals surface area contributed by atoms with Crippen LogP contribution in [0.4, 0.5) is 14.9 Å². The minimum atomic E-state index is -4.08. The van der Waals surface area contributed by atoms with Crippen molar-refractivity contribution < 1.29 is 26.8 Å². The second-order valence-corrected chi connectivity index (χ2v) is 13.5. The SMILES string of the molecule is CC(C)(C)OC(=O)N1CCC(c2nc(-c3cccc(NS(=O)(=O)c4ccoc4)c3F)c(-c3ccnc(Cl)n3)s2)CC1. The van der Waals surface area contributed by atoms with Gasteiger partial charge in [0.2, 0.25) is 5.28 Å². The summed E-state index contributed by atoms with van der Waals surface area (Å²) >= 11 is 7.43. The van der Waals surface area contributed by atoms with Crippen LogP contribution < -0.4 is 4.72 Å². The van der Waals surface area contributed by atoms with Gasteiger partial charge in [0.25, 0.3) is 10.0 Å². The molecule has 4 aromatic rings. The van der Waals surface area contributed by atoms with Gasteiger partial charge in [-0.15, -0.1) is 11.3 Å². The predicted octanol–water partition coefficient (Wildman–Crippen LogP) is 6.57. The average Bonchev–Trinajstić information content (AvgIpc) is 3.61. The lowest BCUT2D eigenvalue weighted by molar-refractivity contribution is 0.0204. The fourth-order valence-corrected chi connectivity index (χ4v) is 6.71. The zero-order chi connectivity index (χ0) is 29.4. The Hall–Kier alpha value is -3.55. The minimum Gasteiger partial charge on any atom is -0.471 e. The maximum atomic E-state index is 15.9. The molecule has 0 saturated carbocycles. The molecule has 1 saturated heterocycles. The topological polar surface area (TPSA) is 128 Å². The molecule has 0 radical (unpaired) electrons. The summed E-state index contributed by atoms with van der Waals surface area (Å²) in [7, 11) is -4.08. The van der Waals surface area contributed by atoms with Crippen molar-refractivity contribution in [3.05, 3.63) is 65.2 Å². The Morgan fingerprint density at radius 1 is 1.20 bits per heavy atom. The lowest BCUT2D eigenvalue weighted by Crippen LogP contribution is -2.41. The van der Waals surface area contributed by atoms with Crippen LogP contribution in [0, 0.1) is 5.82 Å². The van der Waals surface area contributed by atoms with Crippen LogP contribution in [0.25, 0.3) is 21.8 Å². The number of carbonyl (C=O) groups excluding carboxylic acids is 1. The van der Waals surface area contributed by atoms with Gasteiger partial charge in [0.05, 0.1) is 33.2 Å². The first-order valence-electron chi connectivity index (χ1n) is 12.7. The molecule has 0 unspecified atom stereocenters. The number of hydrogen-bond donors (Lipinski definition) is 1. The normalized spacial score (nSPS) is 14.7. The van der Waals surface area contributed by atoms with Gasteiger partial charge in [-0.3, -0.25) is 4.72 Å². The molecule has 4 heterocycles. The highest BCUT2D eigenvalue weighted by atomic mass is 35.5. The molecule has 1 amide bonds.